The molecular formula is C20H28O3. The summed E-state index contributed by atoms with van der Waals surface area (Å²) in [6.45, 7) is 4.85. The first-order valence-corrected chi connectivity index (χ1v) is 9.26. The maximum Gasteiger partial charge on any atom is 0.161 e. The van der Waals surface area contributed by atoms with Gasteiger partial charge in [0, 0.05) is 0 Å². The third-order valence-electron chi connectivity index (χ3n) is 6.75. The SMILES string of the molecule is CCOc1cc2c(cc1O)CCC1C2C[C@@H](C)C2C1CC[C@@H]2O. The Balaban J connectivity index is 1.71. The predicted molar refractivity (Wildman–Crippen MR) is 89.8 cm³/mol. The summed E-state index contributed by atoms with van der Waals surface area (Å²) in [7, 11) is 0. The van der Waals surface area contributed by atoms with Gasteiger partial charge in [-0.05, 0) is 91.9 Å². The minimum Gasteiger partial charge on any atom is -0.504 e. The van der Waals surface area contributed by atoms with Crippen molar-refractivity contribution in [3.05, 3.63) is 23.3 Å². The van der Waals surface area contributed by atoms with Gasteiger partial charge in [-0.25, -0.2) is 0 Å². The third-order valence-corrected chi connectivity index (χ3v) is 6.75. The molecule has 3 aliphatic rings. The molecule has 1 aromatic carbocycles. The minimum atomic E-state index is -0.0869. The van der Waals surface area contributed by atoms with Gasteiger partial charge < -0.3 is 14.9 Å². The molecule has 0 radical (unpaired) electrons. The molecule has 0 bridgehead atoms. The Morgan fingerprint density at radius 1 is 1.17 bits per heavy atom. The van der Waals surface area contributed by atoms with E-state index in [1.165, 1.54) is 24.0 Å². The van der Waals surface area contributed by atoms with E-state index in [9.17, 15) is 10.2 Å². The number of fused-ring (bicyclic) bond motifs is 5. The minimum absolute atomic E-state index is 0.0869. The predicted octanol–water partition coefficient (Wildman–Crippen LogP) is 3.86. The first-order valence-electron chi connectivity index (χ1n) is 9.26. The summed E-state index contributed by atoms with van der Waals surface area (Å²) in [5, 5.41) is 20.6. The summed E-state index contributed by atoms with van der Waals surface area (Å²) in [6, 6.07) is 4.03. The van der Waals surface area contributed by atoms with Gasteiger partial charge in [-0.1, -0.05) is 6.92 Å². The van der Waals surface area contributed by atoms with E-state index in [-0.39, 0.29) is 11.9 Å². The molecular weight excluding hydrogens is 288 g/mol. The maximum atomic E-state index is 10.4. The number of ether oxygens (including phenoxy) is 1. The first kappa shape index (κ1) is 15.3. The van der Waals surface area contributed by atoms with E-state index >= 15 is 0 Å². The molecule has 0 heterocycles. The Kier molecular flexibility index (Phi) is 3.79. The van der Waals surface area contributed by atoms with E-state index < -0.39 is 0 Å². The Morgan fingerprint density at radius 2 is 2.00 bits per heavy atom. The number of rotatable bonds is 2. The van der Waals surface area contributed by atoms with Crippen LogP contribution in [0.1, 0.15) is 56.6 Å². The van der Waals surface area contributed by atoms with Crippen molar-refractivity contribution < 1.29 is 14.9 Å². The maximum absolute atomic E-state index is 10.4. The Morgan fingerprint density at radius 3 is 2.78 bits per heavy atom. The van der Waals surface area contributed by atoms with E-state index in [0.717, 1.165) is 19.3 Å². The second kappa shape index (κ2) is 5.70. The van der Waals surface area contributed by atoms with Crippen LogP contribution in [0.5, 0.6) is 11.5 Å². The Labute approximate surface area is 138 Å². The highest BCUT2D eigenvalue weighted by molar-refractivity contribution is 5.49. The molecule has 0 aliphatic heterocycles. The molecule has 23 heavy (non-hydrogen) atoms. The molecule has 0 spiro atoms. The van der Waals surface area contributed by atoms with Crippen LogP contribution in [0.2, 0.25) is 0 Å². The number of aliphatic hydroxyl groups excluding tert-OH is 1. The van der Waals surface area contributed by atoms with Crippen LogP contribution in [0.4, 0.5) is 0 Å². The number of phenolic OH excluding ortho intramolecular Hbond substituents is 1. The van der Waals surface area contributed by atoms with Crippen molar-refractivity contribution in [2.45, 2.75) is 58.0 Å². The molecule has 4 unspecified atom stereocenters. The van der Waals surface area contributed by atoms with E-state index in [1.807, 2.05) is 13.0 Å². The molecule has 126 valence electrons. The highest BCUT2D eigenvalue weighted by atomic mass is 16.5. The fourth-order valence-electron chi connectivity index (χ4n) is 5.92. The van der Waals surface area contributed by atoms with Gasteiger partial charge in [-0.3, -0.25) is 0 Å². The summed E-state index contributed by atoms with van der Waals surface area (Å²) in [4.78, 5) is 0. The molecule has 0 saturated heterocycles. The zero-order valence-corrected chi connectivity index (χ0v) is 14.2. The second-order valence-electron chi connectivity index (χ2n) is 7.86. The van der Waals surface area contributed by atoms with Crippen LogP contribution in [-0.2, 0) is 6.42 Å². The molecule has 0 aromatic heterocycles. The van der Waals surface area contributed by atoms with Crippen LogP contribution in [-0.4, -0.2) is 22.9 Å². The van der Waals surface area contributed by atoms with Gasteiger partial charge in [0.15, 0.2) is 11.5 Å². The number of hydrogen-bond donors (Lipinski definition) is 2. The number of benzene rings is 1. The fraction of sp³-hybridized carbons (Fsp3) is 0.700. The molecule has 3 aliphatic carbocycles. The molecule has 6 atom stereocenters. The van der Waals surface area contributed by atoms with Crippen molar-refractivity contribution in [2.24, 2.45) is 23.7 Å². The van der Waals surface area contributed by atoms with Crippen LogP contribution >= 0.6 is 0 Å². The van der Waals surface area contributed by atoms with Gasteiger partial charge in [0.05, 0.1) is 12.7 Å². The van der Waals surface area contributed by atoms with Gasteiger partial charge in [0.1, 0.15) is 0 Å². The number of hydrogen-bond acceptors (Lipinski definition) is 3. The molecule has 3 nitrogen and oxygen atoms in total. The van der Waals surface area contributed by atoms with Crippen LogP contribution in [0.15, 0.2) is 12.1 Å². The number of aryl methyl sites for hydroxylation is 1. The first-order chi connectivity index (χ1) is 11.1. The average molecular weight is 316 g/mol. The molecule has 1 aromatic rings. The molecule has 4 rings (SSSR count). The summed E-state index contributed by atoms with van der Waals surface area (Å²) in [5.74, 6) is 3.93. The largest absolute Gasteiger partial charge is 0.504 e. The van der Waals surface area contributed by atoms with Gasteiger partial charge >= 0.3 is 0 Å². The normalized spacial score (nSPS) is 38.6. The van der Waals surface area contributed by atoms with Gasteiger partial charge in [0.25, 0.3) is 0 Å². The second-order valence-corrected chi connectivity index (χ2v) is 7.86. The van der Waals surface area contributed by atoms with Crippen LogP contribution in [0.3, 0.4) is 0 Å². The summed E-state index contributed by atoms with van der Waals surface area (Å²) < 4.78 is 5.62. The lowest BCUT2D eigenvalue weighted by Crippen LogP contribution is -2.41. The van der Waals surface area contributed by atoms with Crippen LogP contribution in [0, 0.1) is 23.7 Å². The van der Waals surface area contributed by atoms with Gasteiger partial charge in [-0.15, -0.1) is 0 Å². The van der Waals surface area contributed by atoms with Crippen molar-refractivity contribution in [2.75, 3.05) is 6.61 Å². The van der Waals surface area contributed by atoms with E-state index in [2.05, 4.69) is 13.0 Å². The average Bonchev–Trinajstić information content (AvgIpc) is 2.91. The van der Waals surface area contributed by atoms with Crippen molar-refractivity contribution in [1.29, 1.82) is 0 Å². The zero-order chi connectivity index (χ0) is 16.1. The number of aliphatic hydroxyl groups is 1. The lowest BCUT2D eigenvalue weighted by molar-refractivity contribution is 0.0186. The van der Waals surface area contributed by atoms with Crippen LogP contribution < -0.4 is 4.74 Å². The van der Waals surface area contributed by atoms with Gasteiger partial charge in [-0.2, -0.15) is 0 Å². The van der Waals surface area contributed by atoms with Crippen molar-refractivity contribution in [3.8, 4) is 11.5 Å². The highest BCUT2D eigenvalue weighted by Gasteiger charge is 2.50. The Hall–Kier alpha value is -1.22. The van der Waals surface area contributed by atoms with Gasteiger partial charge in [0.2, 0.25) is 0 Å². The van der Waals surface area contributed by atoms with E-state index in [1.54, 1.807) is 0 Å². The Bertz CT molecular complexity index is 597. The molecule has 0 amide bonds. The van der Waals surface area contributed by atoms with Crippen LogP contribution in [0.25, 0.3) is 0 Å². The molecule has 3 heteroatoms. The molecule has 2 fully saturated rings. The summed E-state index contributed by atoms with van der Waals surface area (Å²) >= 11 is 0. The number of phenols is 1. The quantitative estimate of drug-likeness (QED) is 0.871. The van der Waals surface area contributed by atoms with Crippen molar-refractivity contribution >= 4 is 0 Å². The third kappa shape index (κ3) is 2.36. The van der Waals surface area contributed by atoms with Crippen molar-refractivity contribution in [3.63, 3.8) is 0 Å². The smallest absolute Gasteiger partial charge is 0.161 e. The van der Waals surface area contributed by atoms with E-state index in [0.29, 0.717) is 41.9 Å². The topological polar surface area (TPSA) is 49.7 Å². The standard InChI is InChI=1S/C20H28O3/c1-3-23-19-10-15-12(9-18(19)22)4-5-13-14-6-7-17(21)20(14)11(2)8-16(13)15/h9-11,13-14,16-17,20-22H,3-8H2,1-2H3/t11-,13?,14?,16?,17+,20?/m1/s1. The van der Waals surface area contributed by atoms with Crippen molar-refractivity contribution in [1.82, 2.24) is 0 Å². The van der Waals surface area contributed by atoms with E-state index in [4.69, 9.17) is 4.74 Å². The summed E-state index contributed by atoms with van der Waals surface area (Å²) in [5.41, 5.74) is 2.70. The zero-order valence-electron chi connectivity index (χ0n) is 14.2. The molecule has 2 saturated carbocycles. The fourth-order valence-corrected chi connectivity index (χ4v) is 5.92. The summed E-state index contributed by atoms with van der Waals surface area (Å²) in [6.07, 6.45) is 5.48. The number of aromatic hydroxyl groups is 1. The lowest BCUT2D eigenvalue weighted by Gasteiger charge is -2.47. The lowest BCUT2D eigenvalue weighted by atomic mass is 9.57. The molecule has 2 N–H and O–H groups in total. The highest BCUT2D eigenvalue weighted by Crippen LogP contribution is 2.57. The monoisotopic (exact) mass is 316 g/mol.